The predicted molar refractivity (Wildman–Crippen MR) is 59.8 cm³/mol. The highest BCUT2D eigenvalue weighted by Crippen LogP contribution is 2.31. The summed E-state index contributed by atoms with van der Waals surface area (Å²) in [4.78, 5) is 4.00. The van der Waals surface area contributed by atoms with E-state index in [1.807, 2.05) is 0 Å². The molecule has 2 aromatic rings. The van der Waals surface area contributed by atoms with Crippen molar-refractivity contribution in [2.45, 2.75) is 13.5 Å². The van der Waals surface area contributed by atoms with Gasteiger partial charge in [0.15, 0.2) is 12.4 Å². The van der Waals surface area contributed by atoms with Crippen molar-refractivity contribution in [1.29, 1.82) is 0 Å². The van der Waals surface area contributed by atoms with Crippen LogP contribution >= 0.6 is 23.2 Å². The summed E-state index contributed by atoms with van der Waals surface area (Å²) in [6, 6.07) is 5.16. The Hall–Kier alpha value is -1.26. The van der Waals surface area contributed by atoms with Crippen molar-refractivity contribution >= 4 is 23.2 Å². The molecule has 0 atom stereocenters. The zero-order valence-corrected chi connectivity index (χ0v) is 9.92. The van der Waals surface area contributed by atoms with Crippen LogP contribution in [0.25, 0.3) is 0 Å². The maximum Gasteiger partial charge on any atom is 0.264 e. The summed E-state index contributed by atoms with van der Waals surface area (Å²) in [6.07, 6.45) is 0. The number of hydrogen-bond donors (Lipinski definition) is 0. The van der Waals surface area contributed by atoms with Crippen LogP contribution in [0.2, 0.25) is 10.0 Å². The zero-order valence-electron chi connectivity index (χ0n) is 8.41. The van der Waals surface area contributed by atoms with Crippen molar-refractivity contribution in [3.63, 3.8) is 0 Å². The molecule has 0 saturated carbocycles. The van der Waals surface area contributed by atoms with E-state index >= 15 is 0 Å². The van der Waals surface area contributed by atoms with Gasteiger partial charge in [0.2, 0.25) is 0 Å². The van der Waals surface area contributed by atoms with E-state index in [-0.39, 0.29) is 6.61 Å². The molecule has 0 aliphatic carbocycles. The standard InChI is InChI=1S/C10H8Cl2N2O2/c1-6-13-9(16-14-6)5-15-8-4-2-3-7(11)10(8)12/h2-4H,5H2,1H3. The minimum absolute atomic E-state index is 0.168. The molecule has 6 heteroatoms. The van der Waals surface area contributed by atoms with E-state index in [1.165, 1.54) is 0 Å². The summed E-state index contributed by atoms with van der Waals surface area (Å²) in [5.41, 5.74) is 0. The maximum absolute atomic E-state index is 5.94. The van der Waals surface area contributed by atoms with Crippen LogP contribution < -0.4 is 4.74 Å². The van der Waals surface area contributed by atoms with Gasteiger partial charge in [-0.05, 0) is 19.1 Å². The van der Waals surface area contributed by atoms with Crippen LogP contribution in [-0.2, 0) is 6.61 Å². The third kappa shape index (κ3) is 2.46. The predicted octanol–water partition coefficient (Wildman–Crippen LogP) is 3.26. The summed E-state index contributed by atoms with van der Waals surface area (Å²) >= 11 is 11.8. The van der Waals surface area contributed by atoms with Gasteiger partial charge in [-0.2, -0.15) is 4.98 Å². The Morgan fingerprint density at radius 3 is 2.88 bits per heavy atom. The Morgan fingerprint density at radius 2 is 2.19 bits per heavy atom. The molecule has 0 bridgehead atoms. The Balaban J connectivity index is 2.07. The molecule has 0 fully saturated rings. The van der Waals surface area contributed by atoms with Gasteiger partial charge < -0.3 is 9.26 Å². The molecule has 0 N–H and O–H groups in total. The van der Waals surface area contributed by atoms with Crippen LogP contribution in [0, 0.1) is 6.92 Å². The molecule has 0 radical (unpaired) electrons. The fourth-order valence-electron chi connectivity index (χ4n) is 1.13. The van der Waals surface area contributed by atoms with Crippen molar-refractivity contribution in [3.8, 4) is 5.75 Å². The van der Waals surface area contributed by atoms with Gasteiger partial charge in [-0.1, -0.05) is 34.4 Å². The monoisotopic (exact) mass is 258 g/mol. The van der Waals surface area contributed by atoms with E-state index in [2.05, 4.69) is 10.1 Å². The molecule has 0 spiro atoms. The van der Waals surface area contributed by atoms with Crippen molar-refractivity contribution in [2.24, 2.45) is 0 Å². The maximum atomic E-state index is 5.94. The second-order valence-corrected chi connectivity index (χ2v) is 3.86. The highest BCUT2D eigenvalue weighted by atomic mass is 35.5. The normalized spacial score (nSPS) is 10.4. The molecule has 16 heavy (non-hydrogen) atoms. The lowest BCUT2D eigenvalue weighted by Gasteiger charge is -2.05. The van der Waals surface area contributed by atoms with Crippen LogP contribution in [0.5, 0.6) is 5.75 Å². The average molecular weight is 259 g/mol. The topological polar surface area (TPSA) is 48.2 Å². The SMILES string of the molecule is Cc1noc(COc2cccc(Cl)c2Cl)n1. The number of ether oxygens (including phenoxy) is 1. The Kier molecular flexibility index (Phi) is 3.31. The third-order valence-electron chi connectivity index (χ3n) is 1.84. The number of nitrogens with zero attached hydrogens (tertiary/aromatic N) is 2. The summed E-state index contributed by atoms with van der Waals surface area (Å²) in [7, 11) is 0. The van der Waals surface area contributed by atoms with E-state index in [0.29, 0.717) is 27.5 Å². The molecule has 1 aromatic heterocycles. The van der Waals surface area contributed by atoms with Crippen LogP contribution in [0.3, 0.4) is 0 Å². The number of aromatic nitrogens is 2. The number of benzene rings is 1. The molecule has 84 valence electrons. The Labute approximate surface area is 102 Å². The quantitative estimate of drug-likeness (QED) is 0.848. The van der Waals surface area contributed by atoms with Crippen molar-refractivity contribution in [2.75, 3.05) is 0 Å². The largest absolute Gasteiger partial charge is 0.482 e. The van der Waals surface area contributed by atoms with Crippen LogP contribution in [0.15, 0.2) is 22.7 Å². The molecule has 4 nitrogen and oxygen atoms in total. The fraction of sp³-hybridized carbons (Fsp3) is 0.200. The zero-order chi connectivity index (χ0) is 11.5. The molecular formula is C10H8Cl2N2O2. The minimum Gasteiger partial charge on any atom is -0.482 e. The number of rotatable bonds is 3. The van der Waals surface area contributed by atoms with Gasteiger partial charge in [0.25, 0.3) is 5.89 Å². The van der Waals surface area contributed by atoms with Gasteiger partial charge in [0.1, 0.15) is 10.8 Å². The summed E-state index contributed by atoms with van der Waals surface area (Å²) in [6.45, 7) is 1.90. The molecule has 1 aromatic carbocycles. The molecule has 0 amide bonds. The molecule has 0 aliphatic rings. The first-order chi connectivity index (χ1) is 7.66. The van der Waals surface area contributed by atoms with Crippen molar-refractivity contribution in [3.05, 3.63) is 40.0 Å². The lowest BCUT2D eigenvalue weighted by atomic mass is 10.3. The van der Waals surface area contributed by atoms with E-state index < -0.39 is 0 Å². The van der Waals surface area contributed by atoms with Gasteiger partial charge in [-0.3, -0.25) is 0 Å². The number of aryl methyl sites for hydroxylation is 1. The lowest BCUT2D eigenvalue weighted by Crippen LogP contribution is -1.96. The molecule has 0 unspecified atom stereocenters. The second kappa shape index (κ2) is 4.72. The summed E-state index contributed by atoms with van der Waals surface area (Å²) in [5, 5.41) is 4.46. The Morgan fingerprint density at radius 1 is 1.38 bits per heavy atom. The highest BCUT2D eigenvalue weighted by Gasteiger charge is 2.08. The molecular weight excluding hydrogens is 251 g/mol. The van der Waals surface area contributed by atoms with Gasteiger partial charge in [0, 0.05) is 0 Å². The molecule has 2 rings (SSSR count). The third-order valence-corrected chi connectivity index (χ3v) is 2.64. The first-order valence-corrected chi connectivity index (χ1v) is 5.28. The van der Waals surface area contributed by atoms with Gasteiger partial charge in [0.05, 0.1) is 5.02 Å². The first-order valence-electron chi connectivity index (χ1n) is 4.53. The number of hydrogen-bond acceptors (Lipinski definition) is 4. The van der Waals surface area contributed by atoms with Crippen LogP contribution in [0.4, 0.5) is 0 Å². The van der Waals surface area contributed by atoms with E-state index in [0.717, 1.165) is 0 Å². The van der Waals surface area contributed by atoms with Gasteiger partial charge in [-0.25, -0.2) is 0 Å². The lowest BCUT2D eigenvalue weighted by molar-refractivity contribution is 0.242. The fourth-order valence-corrected chi connectivity index (χ4v) is 1.48. The van der Waals surface area contributed by atoms with Gasteiger partial charge in [-0.15, -0.1) is 0 Å². The second-order valence-electron chi connectivity index (χ2n) is 3.08. The molecule has 0 aliphatic heterocycles. The van der Waals surface area contributed by atoms with Crippen LogP contribution in [0.1, 0.15) is 11.7 Å². The smallest absolute Gasteiger partial charge is 0.264 e. The van der Waals surface area contributed by atoms with E-state index in [1.54, 1.807) is 25.1 Å². The molecule has 1 heterocycles. The minimum atomic E-state index is 0.168. The number of halogens is 2. The van der Waals surface area contributed by atoms with E-state index in [4.69, 9.17) is 32.5 Å². The highest BCUT2D eigenvalue weighted by molar-refractivity contribution is 6.42. The van der Waals surface area contributed by atoms with E-state index in [9.17, 15) is 0 Å². The Bertz CT molecular complexity index is 499. The first kappa shape index (κ1) is 11.2. The van der Waals surface area contributed by atoms with Crippen molar-refractivity contribution in [1.82, 2.24) is 10.1 Å². The summed E-state index contributed by atoms with van der Waals surface area (Å²) < 4.78 is 10.3. The van der Waals surface area contributed by atoms with Gasteiger partial charge >= 0.3 is 0 Å². The average Bonchev–Trinajstić information content (AvgIpc) is 2.67. The van der Waals surface area contributed by atoms with Crippen molar-refractivity contribution < 1.29 is 9.26 Å². The molecule has 0 saturated heterocycles. The summed E-state index contributed by atoms with van der Waals surface area (Å²) in [5.74, 6) is 1.45. The van der Waals surface area contributed by atoms with Crippen LogP contribution in [-0.4, -0.2) is 10.1 Å².